The number of carbonyl (C=O) groups excluding carboxylic acids is 1. The molecule has 0 spiro atoms. The summed E-state index contributed by atoms with van der Waals surface area (Å²) < 4.78 is 12.2. The third-order valence-electron chi connectivity index (χ3n) is 4.76. The summed E-state index contributed by atoms with van der Waals surface area (Å²) in [6, 6.07) is 15.0. The second-order valence-corrected chi connectivity index (χ2v) is 6.25. The van der Waals surface area contributed by atoms with Crippen LogP contribution in [0.5, 0.6) is 11.5 Å². The first kappa shape index (κ1) is 17.0. The topological polar surface area (TPSA) is 82.4 Å². The molecule has 0 aliphatic carbocycles. The van der Waals surface area contributed by atoms with E-state index in [9.17, 15) is 4.79 Å². The molecule has 8 nitrogen and oxygen atoms in total. The number of nitrogens with zero attached hydrogens (tertiary/aromatic N) is 5. The molecule has 2 aromatic carbocycles. The molecule has 0 bridgehead atoms. The van der Waals surface area contributed by atoms with Crippen molar-refractivity contribution < 1.29 is 14.3 Å². The lowest BCUT2D eigenvalue weighted by Gasteiger charge is -2.46. The van der Waals surface area contributed by atoms with Gasteiger partial charge in [0, 0.05) is 6.54 Å². The highest BCUT2D eigenvalue weighted by molar-refractivity contribution is 5.88. The second kappa shape index (κ2) is 7.06. The Labute approximate surface area is 156 Å². The zero-order valence-electron chi connectivity index (χ0n) is 15.0. The summed E-state index contributed by atoms with van der Waals surface area (Å²) in [5.74, 6) is 1.27. The van der Waals surface area contributed by atoms with Crippen molar-refractivity contribution >= 4 is 5.91 Å². The molecule has 1 aromatic heterocycles. The predicted octanol–water partition coefficient (Wildman–Crippen LogP) is 2.02. The first-order valence-electron chi connectivity index (χ1n) is 8.51. The van der Waals surface area contributed by atoms with Gasteiger partial charge >= 0.3 is 0 Å². The number of tetrazole rings is 1. The first-order chi connectivity index (χ1) is 13.2. The Kier molecular flexibility index (Phi) is 4.45. The SMILES string of the molecule is COc1ccc(CN2C(=O)[C@H](n3cnnn3)[C@H]2c2ccccc2)cc1OC. The molecule has 1 saturated heterocycles. The van der Waals surface area contributed by atoms with Gasteiger partial charge in [-0.2, -0.15) is 0 Å². The molecule has 0 radical (unpaired) electrons. The van der Waals surface area contributed by atoms with Crippen molar-refractivity contribution in [2.45, 2.75) is 18.6 Å². The minimum absolute atomic E-state index is 0.0223. The molecule has 1 fully saturated rings. The van der Waals surface area contributed by atoms with E-state index >= 15 is 0 Å². The molecule has 4 rings (SSSR count). The number of methoxy groups -OCH3 is 2. The fourth-order valence-corrected chi connectivity index (χ4v) is 3.45. The molecule has 8 heteroatoms. The van der Waals surface area contributed by atoms with Gasteiger partial charge in [-0.3, -0.25) is 4.79 Å². The fraction of sp³-hybridized carbons (Fsp3) is 0.263. The van der Waals surface area contributed by atoms with E-state index in [0.717, 1.165) is 11.1 Å². The largest absolute Gasteiger partial charge is 0.493 e. The van der Waals surface area contributed by atoms with Crippen LogP contribution >= 0.6 is 0 Å². The van der Waals surface area contributed by atoms with Crippen LogP contribution in [0.15, 0.2) is 54.9 Å². The lowest BCUT2D eigenvalue weighted by molar-refractivity contribution is -0.157. The summed E-state index contributed by atoms with van der Waals surface area (Å²) in [6.07, 6.45) is 1.48. The lowest BCUT2D eigenvalue weighted by atomic mass is 9.88. The number of hydrogen-bond donors (Lipinski definition) is 0. The molecule has 3 aromatic rings. The molecule has 0 saturated carbocycles. The molecule has 0 unspecified atom stereocenters. The van der Waals surface area contributed by atoms with Crippen molar-refractivity contribution in [3.63, 3.8) is 0 Å². The van der Waals surface area contributed by atoms with E-state index in [1.807, 2.05) is 53.4 Å². The quantitative estimate of drug-likeness (QED) is 0.622. The second-order valence-electron chi connectivity index (χ2n) is 6.25. The summed E-state index contributed by atoms with van der Waals surface area (Å²) in [4.78, 5) is 14.7. The summed E-state index contributed by atoms with van der Waals surface area (Å²) in [6.45, 7) is 0.456. The maximum atomic E-state index is 12.9. The first-order valence-corrected chi connectivity index (χ1v) is 8.51. The maximum absolute atomic E-state index is 12.9. The minimum Gasteiger partial charge on any atom is -0.493 e. The van der Waals surface area contributed by atoms with Crippen LogP contribution in [0.3, 0.4) is 0 Å². The van der Waals surface area contributed by atoms with E-state index < -0.39 is 6.04 Å². The van der Waals surface area contributed by atoms with Crippen LogP contribution in [-0.4, -0.2) is 45.2 Å². The lowest BCUT2D eigenvalue weighted by Crippen LogP contribution is -2.55. The zero-order valence-corrected chi connectivity index (χ0v) is 15.0. The monoisotopic (exact) mass is 365 g/mol. The van der Waals surface area contributed by atoms with Gasteiger partial charge in [0.1, 0.15) is 6.33 Å². The standard InChI is InChI=1S/C19H19N5O3/c1-26-15-9-8-13(10-16(15)27-2)11-23-17(14-6-4-3-5-7-14)18(19(23)25)24-12-20-21-22-24/h3-10,12,17-18H,11H2,1-2H3/t17-,18-/m1/s1. The number of β-lactam (4-membered cyclic amide) rings is 1. The molecule has 2 heterocycles. The number of carbonyl (C=O) groups is 1. The smallest absolute Gasteiger partial charge is 0.251 e. The third kappa shape index (κ3) is 2.99. The van der Waals surface area contributed by atoms with E-state index in [0.29, 0.717) is 18.0 Å². The van der Waals surface area contributed by atoms with Crippen molar-refractivity contribution in [2.75, 3.05) is 14.2 Å². The van der Waals surface area contributed by atoms with Gasteiger partial charge in [-0.25, -0.2) is 4.68 Å². The van der Waals surface area contributed by atoms with Crippen LogP contribution in [-0.2, 0) is 11.3 Å². The molecule has 1 aliphatic rings. The predicted molar refractivity (Wildman–Crippen MR) is 96.1 cm³/mol. The molecular formula is C19H19N5O3. The Hall–Kier alpha value is -3.42. The maximum Gasteiger partial charge on any atom is 0.251 e. The Morgan fingerprint density at radius 1 is 1.00 bits per heavy atom. The number of hydrogen-bond acceptors (Lipinski definition) is 6. The third-order valence-corrected chi connectivity index (χ3v) is 4.76. The number of amides is 1. The van der Waals surface area contributed by atoms with Gasteiger partial charge in [-0.15, -0.1) is 5.10 Å². The van der Waals surface area contributed by atoms with Gasteiger partial charge in [-0.1, -0.05) is 36.4 Å². The summed E-state index contributed by atoms with van der Waals surface area (Å²) in [5.41, 5.74) is 2.00. The Balaban J connectivity index is 1.64. The van der Waals surface area contributed by atoms with Crippen molar-refractivity contribution in [1.29, 1.82) is 0 Å². The van der Waals surface area contributed by atoms with Crippen molar-refractivity contribution in [1.82, 2.24) is 25.1 Å². The molecule has 138 valence electrons. The van der Waals surface area contributed by atoms with Crippen LogP contribution in [0.25, 0.3) is 0 Å². The highest BCUT2D eigenvalue weighted by Gasteiger charge is 2.49. The van der Waals surface area contributed by atoms with Crippen LogP contribution in [0.2, 0.25) is 0 Å². The molecular weight excluding hydrogens is 346 g/mol. The number of rotatable bonds is 6. The van der Waals surface area contributed by atoms with Crippen molar-refractivity contribution in [2.24, 2.45) is 0 Å². The van der Waals surface area contributed by atoms with Gasteiger partial charge in [0.05, 0.1) is 20.3 Å². The summed E-state index contributed by atoms with van der Waals surface area (Å²) in [5, 5.41) is 11.3. The highest BCUT2D eigenvalue weighted by atomic mass is 16.5. The minimum atomic E-state index is -0.442. The molecule has 27 heavy (non-hydrogen) atoms. The van der Waals surface area contributed by atoms with Gasteiger partial charge in [0.15, 0.2) is 17.5 Å². The highest BCUT2D eigenvalue weighted by Crippen LogP contribution is 2.44. The van der Waals surface area contributed by atoms with Gasteiger partial charge in [0.2, 0.25) is 0 Å². The van der Waals surface area contributed by atoms with Crippen molar-refractivity contribution in [3.8, 4) is 11.5 Å². The normalized spacial score (nSPS) is 18.9. The average molecular weight is 365 g/mol. The molecule has 1 aliphatic heterocycles. The number of likely N-dealkylation sites (tertiary alicyclic amines) is 1. The van der Waals surface area contributed by atoms with Crippen molar-refractivity contribution in [3.05, 3.63) is 66.0 Å². The van der Waals surface area contributed by atoms with Gasteiger partial charge in [-0.05, 0) is 33.7 Å². The van der Waals surface area contributed by atoms with Gasteiger partial charge in [0.25, 0.3) is 5.91 Å². The molecule has 1 amide bonds. The van der Waals surface area contributed by atoms with E-state index in [1.165, 1.54) is 11.0 Å². The molecule has 0 N–H and O–H groups in total. The average Bonchev–Trinajstić information content (AvgIpc) is 3.24. The summed E-state index contributed by atoms with van der Waals surface area (Å²) >= 11 is 0. The van der Waals surface area contributed by atoms with Crippen LogP contribution in [0.1, 0.15) is 23.2 Å². The number of benzene rings is 2. The van der Waals surface area contributed by atoms with E-state index in [2.05, 4.69) is 15.5 Å². The van der Waals surface area contributed by atoms with E-state index in [-0.39, 0.29) is 11.9 Å². The van der Waals surface area contributed by atoms with Crippen LogP contribution < -0.4 is 9.47 Å². The van der Waals surface area contributed by atoms with Crippen LogP contribution in [0.4, 0.5) is 0 Å². The summed E-state index contributed by atoms with van der Waals surface area (Å²) in [7, 11) is 3.19. The Bertz CT molecular complexity index is 930. The van der Waals surface area contributed by atoms with E-state index in [1.54, 1.807) is 14.2 Å². The van der Waals surface area contributed by atoms with Crippen LogP contribution in [0, 0.1) is 0 Å². The Morgan fingerprint density at radius 2 is 1.78 bits per heavy atom. The van der Waals surface area contributed by atoms with Gasteiger partial charge < -0.3 is 14.4 Å². The van der Waals surface area contributed by atoms with E-state index in [4.69, 9.17) is 9.47 Å². The number of aromatic nitrogens is 4. The Morgan fingerprint density at radius 3 is 2.44 bits per heavy atom. The zero-order chi connectivity index (χ0) is 18.8. The fourth-order valence-electron chi connectivity index (χ4n) is 3.45. The molecule has 2 atom stereocenters. The number of ether oxygens (including phenoxy) is 2.